The molecule has 3 atom stereocenters. The van der Waals surface area contributed by atoms with Gasteiger partial charge in [0.2, 0.25) is 17.8 Å². The summed E-state index contributed by atoms with van der Waals surface area (Å²) < 4.78 is 19.0. The molecule has 6 heterocycles. The Bertz CT molecular complexity index is 1990. The largest absolute Gasteiger partial charge is 0.384 e. The van der Waals surface area contributed by atoms with E-state index in [9.17, 15) is 14.0 Å². The van der Waals surface area contributed by atoms with Gasteiger partial charge in [0.05, 0.1) is 30.1 Å². The maximum Gasteiger partial charge on any atom is 0.237 e. The Morgan fingerprint density at radius 3 is 2.57 bits per heavy atom. The van der Waals surface area contributed by atoms with Crippen LogP contribution in [0.1, 0.15) is 12.8 Å². The number of nitrogens with one attached hydrogen (secondary N) is 2. The van der Waals surface area contributed by atoms with Crippen molar-refractivity contribution in [3.05, 3.63) is 85.2 Å². The Morgan fingerprint density at radius 2 is 1.84 bits per heavy atom. The van der Waals surface area contributed by atoms with Gasteiger partial charge in [-0.2, -0.15) is 9.49 Å². The van der Waals surface area contributed by atoms with Crippen LogP contribution in [-0.4, -0.2) is 105 Å². The normalized spacial score (nSPS) is 21.9. The number of aromatic nitrogens is 5. The highest BCUT2D eigenvalue weighted by molar-refractivity contribution is 6.00. The molecule has 3 aromatic heterocycles. The maximum atomic E-state index is 13.9. The molecule has 0 radical (unpaired) electrons. The van der Waals surface area contributed by atoms with Crippen molar-refractivity contribution in [1.82, 2.24) is 34.9 Å². The van der Waals surface area contributed by atoms with Gasteiger partial charge in [-0.05, 0) is 80.1 Å². The lowest BCUT2D eigenvalue weighted by molar-refractivity contribution is -0.134. The van der Waals surface area contributed by atoms with Crippen molar-refractivity contribution < 1.29 is 18.7 Å². The van der Waals surface area contributed by atoms with Crippen LogP contribution in [0.5, 0.6) is 0 Å². The second-order valence-electron chi connectivity index (χ2n) is 13.2. The van der Waals surface area contributed by atoms with E-state index in [0.29, 0.717) is 48.8 Å². The summed E-state index contributed by atoms with van der Waals surface area (Å²) in [4.78, 5) is 46.4. The molecule has 0 unspecified atom stereocenters. The van der Waals surface area contributed by atoms with E-state index in [1.165, 1.54) is 12.3 Å². The number of piperazine rings is 1. The highest BCUT2D eigenvalue weighted by Crippen LogP contribution is 2.37. The van der Waals surface area contributed by atoms with Gasteiger partial charge in [-0.15, -0.1) is 0 Å². The number of halogens is 1. The Kier molecular flexibility index (Phi) is 8.00. The highest BCUT2D eigenvalue weighted by atomic mass is 19.1. The minimum absolute atomic E-state index is 0.102. The number of hydrogen-bond donors (Lipinski definition) is 2. The van der Waals surface area contributed by atoms with Crippen molar-refractivity contribution in [1.29, 1.82) is 0 Å². The number of pyridine rings is 1. The number of amides is 2. The molecule has 8 rings (SSSR count). The van der Waals surface area contributed by atoms with Crippen LogP contribution in [0.2, 0.25) is 0 Å². The Labute approximate surface area is 282 Å². The zero-order valence-electron chi connectivity index (χ0n) is 27.1. The standard InChI is InChI=1S/C36H36FN9O3/c1-49-22-36(35(48)41-25-6-9-30-29(15-25)33(43-42-30)24-5-10-31(37)40-17-24)11-14-44(21-36)20-32(47)46-19-27-16-28(46)18-45(27)26-7-3-23(4-8-26)34-38-12-2-13-39-34/h2-10,12-13,15,17,27-28H,11,14,16,18-22H2,1H3,(H,41,48)(H,42,43)/t27-,28-,36-/m1/s1. The van der Waals surface area contributed by atoms with Gasteiger partial charge < -0.3 is 19.9 Å². The number of likely N-dealkylation sites (tertiary alicyclic amines) is 2. The monoisotopic (exact) mass is 661 g/mol. The topological polar surface area (TPSA) is 132 Å². The average molecular weight is 662 g/mol. The fourth-order valence-corrected chi connectivity index (χ4v) is 7.65. The second kappa shape index (κ2) is 12.6. The van der Waals surface area contributed by atoms with Gasteiger partial charge in [0.25, 0.3) is 0 Å². The first kappa shape index (κ1) is 31.0. The summed E-state index contributed by atoms with van der Waals surface area (Å²) in [7, 11) is 1.60. The number of H-pyrrole nitrogens is 1. The smallest absolute Gasteiger partial charge is 0.237 e. The summed E-state index contributed by atoms with van der Waals surface area (Å²) in [6.07, 6.45) is 6.44. The van der Waals surface area contributed by atoms with Gasteiger partial charge >= 0.3 is 0 Å². The van der Waals surface area contributed by atoms with E-state index in [-0.39, 0.29) is 37.0 Å². The number of ether oxygens (including phenoxy) is 1. The minimum Gasteiger partial charge on any atom is -0.384 e. The lowest BCUT2D eigenvalue weighted by Gasteiger charge is -2.36. The van der Waals surface area contributed by atoms with Gasteiger partial charge in [0.15, 0.2) is 5.82 Å². The van der Waals surface area contributed by atoms with E-state index < -0.39 is 11.4 Å². The third-order valence-electron chi connectivity index (χ3n) is 10.1. The molecule has 0 spiro atoms. The lowest BCUT2D eigenvalue weighted by Crippen LogP contribution is -2.51. The molecule has 13 heteroatoms. The van der Waals surface area contributed by atoms with Crippen molar-refractivity contribution >= 4 is 34.1 Å². The first-order chi connectivity index (χ1) is 23.9. The fraction of sp³-hybridized carbons (Fsp3) is 0.333. The number of methoxy groups -OCH3 is 1. The van der Waals surface area contributed by atoms with E-state index in [4.69, 9.17) is 4.74 Å². The van der Waals surface area contributed by atoms with Crippen molar-refractivity contribution in [2.45, 2.75) is 24.9 Å². The molecule has 5 aromatic rings. The number of benzene rings is 2. The molecule has 3 aliphatic heterocycles. The van der Waals surface area contributed by atoms with Gasteiger partial charge in [-0.25, -0.2) is 15.0 Å². The molecule has 2 aromatic carbocycles. The van der Waals surface area contributed by atoms with Gasteiger partial charge in [-0.3, -0.25) is 19.6 Å². The van der Waals surface area contributed by atoms with Crippen molar-refractivity contribution in [3.8, 4) is 22.6 Å². The fourth-order valence-electron chi connectivity index (χ4n) is 7.65. The molecule has 3 fully saturated rings. The number of fused-ring (bicyclic) bond motifs is 3. The van der Waals surface area contributed by atoms with E-state index in [2.05, 4.69) is 52.4 Å². The maximum absolute atomic E-state index is 13.9. The Hall–Kier alpha value is -5.27. The van der Waals surface area contributed by atoms with Crippen molar-refractivity contribution in [2.24, 2.45) is 5.41 Å². The number of nitrogens with zero attached hydrogens (tertiary/aromatic N) is 7. The SMILES string of the molecule is COC[C@@]1(C(=O)Nc2ccc3[nH]nc(-c4ccc(F)nc4)c3c2)CCN(CC(=O)N2C[C@H]3C[C@@H]2CN3c2ccc(-c3ncccn3)cc2)C1. The zero-order valence-corrected chi connectivity index (χ0v) is 27.1. The third kappa shape index (κ3) is 5.89. The number of rotatable bonds is 9. The van der Waals surface area contributed by atoms with Crippen LogP contribution >= 0.6 is 0 Å². The molecule has 0 aliphatic carbocycles. The molecule has 2 bridgehead atoms. The van der Waals surface area contributed by atoms with Crippen molar-refractivity contribution in [2.75, 3.05) is 56.7 Å². The van der Waals surface area contributed by atoms with Crippen molar-refractivity contribution in [3.63, 3.8) is 0 Å². The number of hydrogen-bond acceptors (Lipinski definition) is 9. The molecular weight excluding hydrogens is 625 g/mol. The van der Waals surface area contributed by atoms with Gasteiger partial charge in [0, 0.05) is 79.3 Å². The van der Waals surface area contributed by atoms with E-state index >= 15 is 0 Å². The molecule has 49 heavy (non-hydrogen) atoms. The minimum atomic E-state index is -0.804. The number of aromatic amines is 1. The predicted molar refractivity (Wildman–Crippen MR) is 182 cm³/mol. The first-order valence-corrected chi connectivity index (χ1v) is 16.5. The number of carbonyl (C=O) groups is 2. The van der Waals surface area contributed by atoms with Crippen LogP contribution in [0.4, 0.5) is 15.8 Å². The third-order valence-corrected chi connectivity index (χ3v) is 10.1. The van der Waals surface area contributed by atoms with Crippen LogP contribution < -0.4 is 10.2 Å². The predicted octanol–water partition coefficient (Wildman–Crippen LogP) is 3.99. The number of anilines is 2. The zero-order chi connectivity index (χ0) is 33.5. The lowest BCUT2D eigenvalue weighted by atomic mass is 9.87. The summed E-state index contributed by atoms with van der Waals surface area (Å²) in [6, 6.07) is 19.0. The summed E-state index contributed by atoms with van der Waals surface area (Å²) >= 11 is 0. The van der Waals surface area contributed by atoms with E-state index in [1.54, 1.807) is 31.6 Å². The first-order valence-electron chi connectivity index (χ1n) is 16.5. The molecule has 2 N–H and O–H groups in total. The van der Waals surface area contributed by atoms with Crippen LogP contribution in [0, 0.1) is 11.4 Å². The second-order valence-corrected chi connectivity index (χ2v) is 13.2. The average Bonchev–Trinajstić information content (AvgIpc) is 3.93. The molecule has 250 valence electrons. The molecule has 12 nitrogen and oxygen atoms in total. The van der Waals surface area contributed by atoms with Crippen LogP contribution in [0.25, 0.3) is 33.5 Å². The van der Waals surface area contributed by atoms with Crippen LogP contribution in [0.3, 0.4) is 0 Å². The van der Waals surface area contributed by atoms with Gasteiger partial charge in [0.1, 0.15) is 5.69 Å². The number of carbonyl (C=O) groups excluding carboxylic acids is 2. The summed E-state index contributed by atoms with van der Waals surface area (Å²) in [6.45, 7) is 3.04. The van der Waals surface area contributed by atoms with Crippen LogP contribution in [-0.2, 0) is 14.3 Å². The highest BCUT2D eigenvalue weighted by Gasteiger charge is 2.48. The van der Waals surface area contributed by atoms with Crippen LogP contribution in [0.15, 0.2) is 79.3 Å². The Balaban J connectivity index is 0.896. The van der Waals surface area contributed by atoms with E-state index in [1.807, 2.05) is 35.2 Å². The van der Waals surface area contributed by atoms with E-state index in [0.717, 1.165) is 35.1 Å². The Morgan fingerprint density at radius 1 is 1.02 bits per heavy atom. The molecule has 2 amide bonds. The molecule has 3 saturated heterocycles. The molecule has 3 aliphatic rings. The molecule has 0 saturated carbocycles. The summed E-state index contributed by atoms with van der Waals surface area (Å²) in [5, 5.41) is 11.2. The quantitative estimate of drug-likeness (QED) is 0.225. The van der Waals surface area contributed by atoms with Gasteiger partial charge in [-0.1, -0.05) is 0 Å². The summed E-state index contributed by atoms with van der Waals surface area (Å²) in [5.74, 6) is 0.0844. The molecular formula is C36H36FN9O3. The summed E-state index contributed by atoms with van der Waals surface area (Å²) in [5.41, 5.74) is 3.99.